The average Bonchev–Trinajstić information content (AvgIpc) is 2.09. The van der Waals surface area contributed by atoms with Crippen molar-refractivity contribution in [2.75, 3.05) is 12.9 Å². The molecular weight excluding hydrogens is 180 g/mol. The molecule has 1 fully saturated rings. The number of hydrogen-bond acceptors (Lipinski definition) is 5. The quantitative estimate of drug-likeness (QED) is 0.536. The number of thioether (sulfide) groups is 1. The Morgan fingerprint density at radius 2 is 2.17 bits per heavy atom. The highest BCUT2D eigenvalue weighted by molar-refractivity contribution is 7.99. The summed E-state index contributed by atoms with van der Waals surface area (Å²) >= 11 is 1.33. The van der Waals surface area contributed by atoms with Gasteiger partial charge in [0.15, 0.2) is 0 Å². The van der Waals surface area contributed by atoms with Crippen LogP contribution in [0.15, 0.2) is 0 Å². The van der Waals surface area contributed by atoms with Gasteiger partial charge in [-0.15, -0.1) is 11.8 Å². The molecule has 0 amide bonds. The zero-order chi connectivity index (χ0) is 9.14. The summed E-state index contributed by atoms with van der Waals surface area (Å²) in [7, 11) is 0. The van der Waals surface area contributed by atoms with E-state index in [0.717, 1.165) is 0 Å². The Bertz CT molecular complexity index is 143. The molecule has 4 atom stereocenters. The molecular formula is C7H14O4S. The first-order valence-electron chi connectivity index (χ1n) is 3.84. The number of aliphatic hydroxyl groups excluding tert-OH is 3. The Hall–Kier alpha value is 0.190. The third kappa shape index (κ3) is 2.11. The Kier molecular flexibility index (Phi) is 3.79. The van der Waals surface area contributed by atoms with E-state index in [0.29, 0.717) is 6.42 Å². The molecule has 1 heterocycles. The number of hydrogen-bond donors (Lipinski definition) is 3. The Balaban J connectivity index is 2.52. The summed E-state index contributed by atoms with van der Waals surface area (Å²) in [5, 5.41) is 27.5. The fraction of sp³-hybridized carbons (Fsp3) is 1.00. The molecule has 4 nitrogen and oxygen atoms in total. The average molecular weight is 194 g/mol. The minimum atomic E-state index is -0.845. The minimum absolute atomic E-state index is 0.110. The van der Waals surface area contributed by atoms with Crippen molar-refractivity contribution >= 4 is 11.8 Å². The van der Waals surface area contributed by atoms with Crippen LogP contribution in [0.1, 0.15) is 6.42 Å². The molecule has 0 saturated carbocycles. The smallest absolute Gasteiger partial charge is 0.131 e. The topological polar surface area (TPSA) is 69.9 Å². The molecule has 1 saturated heterocycles. The molecule has 1 aliphatic rings. The van der Waals surface area contributed by atoms with E-state index in [1.807, 2.05) is 0 Å². The van der Waals surface area contributed by atoms with Crippen LogP contribution in [0.25, 0.3) is 0 Å². The van der Waals surface area contributed by atoms with E-state index in [2.05, 4.69) is 0 Å². The maximum atomic E-state index is 9.37. The predicted molar refractivity (Wildman–Crippen MR) is 45.9 cm³/mol. The molecule has 1 aliphatic heterocycles. The number of aliphatic hydroxyl groups is 3. The fourth-order valence-electron chi connectivity index (χ4n) is 1.23. The van der Waals surface area contributed by atoms with Crippen LogP contribution in [0.4, 0.5) is 0 Å². The Morgan fingerprint density at radius 1 is 1.50 bits per heavy atom. The lowest BCUT2D eigenvalue weighted by atomic mass is 10.0. The van der Waals surface area contributed by atoms with Gasteiger partial charge in [0.2, 0.25) is 0 Å². The van der Waals surface area contributed by atoms with Gasteiger partial charge in [0, 0.05) is 6.42 Å². The summed E-state index contributed by atoms with van der Waals surface area (Å²) in [6, 6.07) is 0. The normalized spacial score (nSPS) is 43.0. The lowest BCUT2D eigenvalue weighted by Gasteiger charge is -2.35. The minimum Gasteiger partial charge on any atom is -0.394 e. The SMILES string of the molecule is CS[C@H]1OC(CO)C[C@H](O)C1O. The van der Waals surface area contributed by atoms with Gasteiger partial charge in [-0.2, -0.15) is 0 Å². The van der Waals surface area contributed by atoms with Crippen LogP contribution < -0.4 is 0 Å². The van der Waals surface area contributed by atoms with Crippen molar-refractivity contribution in [3.63, 3.8) is 0 Å². The van der Waals surface area contributed by atoms with Crippen molar-refractivity contribution < 1.29 is 20.1 Å². The summed E-state index contributed by atoms with van der Waals surface area (Å²) in [5.41, 5.74) is -0.425. The monoisotopic (exact) mass is 194 g/mol. The highest BCUT2D eigenvalue weighted by Crippen LogP contribution is 2.25. The maximum absolute atomic E-state index is 9.37. The molecule has 12 heavy (non-hydrogen) atoms. The molecule has 72 valence electrons. The number of ether oxygens (including phenoxy) is 1. The van der Waals surface area contributed by atoms with Crippen molar-refractivity contribution in [2.24, 2.45) is 0 Å². The van der Waals surface area contributed by atoms with Gasteiger partial charge in [-0.1, -0.05) is 0 Å². The lowest BCUT2D eigenvalue weighted by molar-refractivity contribution is -0.145. The zero-order valence-corrected chi connectivity index (χ0v) is 7.70. The van der Waals surface area contributed by atoms with Crippen LogP contribution >= 0.6 is 11.8 Å². The summed E-state index contributed by atoms with van der Waals surface area (Å²) in [6.07, 6.45) is 0.117. The van der Waals surface area contributed by atoms with Gasteiger partial charge in [0.05, 0.1) is 18.8 Å². The fourth-order valence-corrected chi connectivity index (χ4v) is 1.96. The van der Waals surface area contributed by atoms with E-state index >= 15 is 0 Å². The van der Waals surface area contributed by atoms with Gasteiger partial charge in [-0.05, 0) is 6.26 Å². The largest absolute Gasteiger partial charge is 0.394 e. The Morgan fingerprint density at radius 3 is 2.67 bits per heavy atom. The molecule has 2 unspecified atom stereocenters. The van der Waals surface area contributed by atoms with E-state index in [1.165, 1.54) is 11.8 Å². The molecule has 1 rings (SSSR count). The van der Waals surface area contributed by atoms with Crippen LogP contribution in [0.2, 0.25) is 0 Å². The van der Waals surface area contributed by atoms with Gasteiger partial charge in [-0.3, -0.25) is 0 Å². The van der Waals surface area contributed by atoms with E-state index in [1.54, 1.807) is 6.26 Å². The third-order valence-electron chi connectivity index (χ3n) is 1.94. The summed E-state index contributed by atoms with van der Waals surface area (Å²) in [6.45, 7) is -0.110. The second-order valence-corrected chi connectivity index (χ2v) is 3.77. The number of rotatable bonds is 2. The van der Waals surface area contributed by atoms with Crippen molar-refractivity contribution in [1.82, 2.24) is 0 Å². The molecule has 0 aromatic rings. The molecule has 0 aromatic heterocycles. The van der Waals surface area contributed by atoms with E-state index < -0.39 is 17.6 Å². The lowest BCUT2D eigenvalue weighted by Crippen LogP contribution is -2.47. The van der Waals surface area contributed by atoms with Crippen molar-refractivity contribution in [3.05, 3.63) is 0 Å². The van der Waals surface area contributed by atoms with Crippen LogP contribution in [0.5, 0.6) is 0 Å². The standard InChI is InChI=1S/C7H14O4S/c1-12-7-6(10)5(9)2-4(3-8)11-7/h4-10H,2-3H2,1H3/t4?,5-,6?,7+/m0/s1. The van der Waals surface area contributed by atoms with E-state index in [-0.39, 0.29) is 12.7 Å². The van der Waals surface area contributed by atoms with Crippen molar-refractivity contribution in [1.29, 1.82) is 0 Å². The van der Waals surface area contributed by atoms with Gasteiger partial charge in [-0.25, -0.2) is 0 Å². The van der Waals surface area contributed by atoms with Crippen LogP contribution in [0, 0.1) is 0 Å². The van der Waals surface area contributed by atoms with Gasteiger partial charge < -0.3 is 20.1 Å². The molecule has 3 N–H and O–H groups in total. The molecule has 0 radical (unpaired) electrons. The van der Waals surface area contributed by atoms with Gasteiger partial charge in [0.1, 0.15) is 11.5 Å². The molecule has 0 bridgehead atoms. The predicted octanol–water partition coefficient (Wildman–Crippen LogP) is -0.822. The van der Waals surface area contributed by atoms with Crippen LogP contribution in [0.3, 0.4) is 0 Å². The second-order valence-electron chi connectivity index (χ2n) is 2.84. The highest BCUT2D eigenvalue weighted by atomic mass is 32.2. The summed E-state index contributed by atoms with van der Waals surface area (Å²) < 4.78 is 5.27. The molecule has 5 heteroatoms. The van der Waals surface area contributed by atoms with Gasteiger partial charge in [0.25, 0.3) is 0 Å². The third-order valence-corrected chi connectivity index (χ3v) is 2.79. The molecule has 0 spiro atoms. The van der Waals surface area contributed by atoms with Crippen LogP contribution in [-0.2, 0) is 4.74 Å². The first-order chi connectivity index (χ1) is 5.69. The highest BCUT2D eigenvalue weighted by Gasteiger charge is 2.35. The van der Waals surface area contributed by atoms with Crippen LogP contribution in [-0.4, -0.2) is 51.9 Å². The van der Waals surface area contributed by atoms with Gasteiger partial charge >= 0.3 is 0 Å². The first kappa shape index (κ1) is 10.3. The summed E-state index contributed by atoms with van der Waals surface area (Å²) in [4.78, 5) is 0. The van der Waals surface area contributed by atoms with E-state index in [9.17, 15) is 10.2 Å². The Labute approximate surface area is 75.5 Å². The van der Waals surface area contributed by atoms with E-state index in [4.69, 9.17) is 9.84 Å². The second kappa shape index (κ2) is 4.43. The first-order valence-corrected chi connectivity index (χ1v) is 5.13. The van der Waals surface area contributed by atoms with Crippen molar-refractivity contribution in [2.45, 2.75) is 30.2 Å². The zero-order valence-electron chi connectivity index (χ0n) is 6.88. The van der Waals surface area contributed by atoms with Crippen molar-refractivity contribution in [3.8, 4) is 0 Å². The maximum Gasteiger partial charge on any atom is 0.131 e. The molecule has 0 aromatic carbocycles. The molecule has 0 aliphatic carbocycles. The summed E-state index contributed by atoms with van der Waals surface area (Å²) in [5.74, 6) is 0.